The van der Waals surface area contributed by atoms with E-state index in [0.717, 1.165) is 28.6 Å². The lowest BCUT2D eigenvalue weighted by Gasteiger charge is -2.36. The van der Waals surface area contributed by atoms with Gasteiger partial charge < -0.3 is 15.2 Å². The third-order valence-corrected chi connectivity index (χ3v) is 5.94. The van der Waals surface area contributed by atoms with Gasteiger partial charge in [-0.25, -0.2) is 9.18 Å². The zero-order valence-corrected chi connectivity index (χ0v) is 17.3. The lowest BCUT2D eigenvalue weighted by Crippen LogP contribution is -2.43. The number of alkyl halides is 3. The van der Waals surface area contributed by atoms with Crippen LogP contribution in [0.1, 0.15) is 28.4 Å². The normalized spacial score (nSPS) is 16.0. The highest BCUT2D eigenvalue weighted by molar-refractivity contribution is 5.91. The van der Waals surface area contributed by atoms with Crippen molar-refractivity contribution in [2.75, 3.05) is 11.9 Å². The van der Waals surface area contributed by atoms with Crippen LogP contribution in [0.3, 0.4) is 0 Å². The molecule has 168 valence electrons. The van der Waals surface area contributed by atoms with Gasteiger partial charge in [-0.15, -0.1) is 0 Å². The van der Waals surface area contributed by atoms with Crippen LogP contribution >= 0.6 is 0 Å². The maximum absolute atomic E-state index is 14.9. The number of fused-ring (bicyclic) bond motifs is 3. The third kappa shape index (κ3) is 3.82. The van der Waals surface area contributed by atoms with Gasteiger partial charge in [-0.2, -0.15) is 13.2 Å². The number of hydrogen-bond acceptors (Lipinski definition) is 1. The Labute approximate surface area is 186 Å². The Hall–Kier alpha value is -3.81. The summed E-state index contributed by atoms with van der Waals surface area (Å²) < 4.78 is 54.1. The van der Waals surface area contributed by atoms with Crippen molar-refractivity contribution in [1.29, 1.82) is 0 Å². The Kier molecular flexibility index (Phi) is 5.08. The van der Waals surface area contributed by atoms with Crippen molar-refractivity contribution >= 4 is 22.6 Å². The summed E-state index contributed by atoms with van der Waals surface area (Å²) in [6.07, 6.45) is -4.00. The molecule has 0 spiro atoms. The number of carbonyl (C=O) groups is 1. The first-order chi connectivity index (χ1) is 15.8. The fourth-order valence-corrected chi connectivity index (χ4v) is 4.45. The summed E-state index contributed by atoms with van der Waals surface area (Å²) in [5, 5.41) is 3.56. The van der Waals surface area contributed by atoms with Crippen LogP contribution < -0.4 is 5.32 Å². The predicted molar refractivity (Wildman–Crippen MR) is 117 cm³/mol. The highest BCUT2D eigenvalue weighted by Gasteiger charge is 2.36. The van der Waals surface area contributed by atoms with E-state index < -0.39 is 29.6 Å². The number of H-pyrrole nitrogens is 1. The summed E-state index contributed by atoms with van der Waals surface area (Å²) in [6.45, 7) is 0.276. The molecular weight excluding hydrogens is 434 g/mol. The van der Waals surface area contributed by atoms with Gasteiger partial charge in [0.15, 0.2) is 0 Å². The third-order valence-electron chi connectivity index (χ3n) is 5.94. The molecule has 1 aromatic heterocycles. The van der Waals surface area contributed by atoms with Crippen LogP contribution in [0.25, 0.3) is 10.9 Å². The standard InChI is InChI=1S/C25H19F4N3O/c26-20-10-3-1-9-19(20)23-22-18(17-8-2-4-11-21(17)31-22)12-13-32(23)24(33)30-16-7-5-6-15(14-16)25(27,28)29/h1-11,14,23,31H,12-13H2,(H,30,33)/t23-/m1/s1. The summed E-state index contributed by atoms with van der Waals surface area (Å²) in [5.74, 6) is -0.467. The average Bonchev–Trinajstić information content (AvgIpc) is 3.17. The maximum Gasteiger partial charge on any atom is 0.416 e. The molecular formula is C25H19F4N3O. The first-order valence-electron chi connectivity index (χ1n) is 10.4. The molecule has 8 heteroatoms. The average molecular weight is 453 g/mol. The molecule has 2 amide bonds. The molecule has 4 nitrogen and oxygen atoms in total. The smallest absolute Gasteiger partial charge is 0.356 e. The molecule has 0 saturated heterocycles. The Balaban J connectivity index is 1.55. The van der Waals surface area contributed by atoms with Gasteiger partial charge in [-0.3, -0.25) is 0 Å². The van der Waals surface area contributed by atoms with E-state index in [1.54, 1.807) is 18.2 Å². The Morgan fingerprint density at radius 2 is 1.76 bits per heavy atom. The van der Waals surface area contributed by atoms with Gasteiger partial charge in [0.1, 0.15) is 11.9 Å². The van der Waals surface area contributed by atoms with Gasteiger partial charge in [0, 0.05) is 34.4 Å². The van der Waals surface area contributed by atoms with E-state index in [4.69, 9.17) is 0 Å². The molecule has 33 heavy (non-hydrogen) atoms. The predicted octanol–water partition coefficient (Wildman–Crippen LogP) is 6.51. The molecule has 1 aliphatic heterocycles. The number of anilines is 1. The van der Waals surface area contributed by atoms with Gasteiger partial charge in [0.2, 0.25) is 0 Å². The largest absolute Gasteiger partial charge is 0.416 e. The van der Waals surface area contributed by atoms with Crippen molar-refractivity contribution < 1.29 is 22.4 Å². The monoisotopic (exact) mass is 453 g/mol. The highest BCUT2D eigenvalue weighted by Crippen LogP contribution is 2.39. The number of aromatic nitrogens is 1. The fourth-order valence-electron chi connectivity index (χ4n) is 4.45. The van der Waals surface area contributed by atoms with Crippen LogP contribution in [0.15, 0.2) is 72.8 Å². The van der Waals surface area contributed by atoms with Crippen molar-refractivity contribution in [3.8, 4) is 0 Å². The van der Waals surface area contributed by atoms with Crippen LogP contribution in [0.4, 0.5) is 28.0 Å². The number of carbonyl (C=O) groups excluding carboxylic acids is 1. The molecule has 2 heterocycles. The maximum atomic E-state index is 14.9. The van der Waals surface area contributed by atoms with Gasteiger partial charge in [-0.05, 0) is 42.3 Å². The van der Waals surface area contributed by atoms with Gasteiger partial charge in [-0.1, -0.05) is 42.5 Å². The number of rotatable bonds is 2. The summed E-state index contributed by atoms with van der Waals surface area (Å²) in [7, 11) is 0. The topological polar surface area (TPSA) is 48.1 Å². The lowest BCUT2D eigenvalue weighted by molar-refractivity contribution is -0.137. The van der Waals surface area contributed by atoms with Crippen LogP contribution in [0.2, 0.25) is 0 Å². The summed E-state index contributed by atoms with van der Waals surface area (Å²) in [4.78, 5) is 18.0. The van der Waals surface area contributed by atoms with E-state index in [-0.39, 0.29) is 12.2 Å². The number of urea groups is 1. The number of hydrogen-bond donors (Lipinski definition) is 2. The molecule has 4 aromatic rings. The molecule has 5 rings (SSSR count). The quantitative estimate of drug-likeness (QED) is 0.334. The van der Waals surface area contributed by atoms with E-state index in [0.29, 0.717) is 17.7 Å². The van der Waals surface area contributed by atoms with E-state index >= 15 is 0 Å². The number of benzene rings is 3. The van der Waals surface area contributed by atoms with E-state index in [9.17, 15) is 22.4 Å². The van der Waals surface area contributed by atoms with E-state index in [2.05, 4.69) is 10.3 Å². The van der Waals surface area contributed by atoms with Crippen LogP contribution in [0.5, 0.6) is 0 Å². The molecule has 0 saturated carbocycles. The molecule has 0 aliphatic carbocycles. The Bertz CT molecular complexity index is 1340. The van der Waals surface area contributed by atoms with Crippen LogP contribution in [0, 0.1) is 5.82 Å². The zero-order chi connectivity index (χ0) is 23.2. The first kappa shape index (κ1) is 21.1. The zero-order valence-electron chi connectivity index (χ0n) is 17.3. The van der Waals surface area contributed by atoms with Crippen molar-refractivity contribution in [2.24, 2.45) is 0 Å². The number of nitrogens with one attached hydrogen (secondary N) is 2. The van der Waals surface area contributed by atoms with Crippen molar-refractivity contribution in [2.45, 2.75) is 18.6 Å². The van der Waals surface area contributed by atoms with Gasteiger partial charge in [0.05, 0.1) is 5.56 Å². The SMILES string of the molecule is O=C(Nc1cccc(C(F)(F)F)c1)N1CCc2c([nH]c3ccccc23)[C@H]1c1ccccc1F. The molecule has 0 fully saturated rings. The minimum Gasteiger partial charge on any atom is -0.356 e. The molecule has 1 aliphatic rings. The second-order valence-corrected chi connectivity index (χ2v) is 7.94. The molecule has 2 N–H and O–H groups in total. The summed E-state index contributed by atoms with van der Waals surface area (Å²) >= 11 is 0. The number of nitrogens with zero attached hydrogens (tertiary/aromatic N) is 1. The fraction of sp³-hybridized carbons (Fsp3) is 0.160. The number of amides is 2. The van der Waals surface area contributed by atoms with Crippen molar-refractivity contribution in [1.82, 2.24) is 9.88 Å². The second kappa shape index (κ2) is 7.95. The molecule has 1 atom stereocenters. The van der Waals surface area contributed by atoms with Crippen molar-refractivity contribution in [3.05, 3.63) is 101 Å². The van der Waals surface area contributed by atoms with Gasteiger partial charge >= 0.3 is 12.2 Å². The first-order valence-corrected chi connectivity index (χ1v) is 10.4. The number of para-hydroxylation sites is 1. The molecule has 0 radical (unpaired) electrons. The summed E-state index contributed by atoms with van der Waals surface area (Å²) in [5.41, 5.74) is 2.05. The van der Waals surface area contributed by atoms with E-state index in [1.165, 1.54) is 23.1 Å². The molecule has 0 unspecified atom stereocenters. The van der Waals surface area contributed by atoms with Gasteiger partial charge in [0.25, 0.3) is 0 Å². The van der Waals surface area contributed by atoms with Crippen LogP contribution in [-0.4, -0.2) is 22.5 Å². The van der Waals surface area contributed by atoms with E-state index in [1.807, 2.05) is 24.3 Å². The van der Waals surface area contributed by atoms with Crippen molar-refractivity contribution in [3.63, 3.8) is 0 Å². The minimum atomic E-state index is -4.53. The molecule has 0 bridgehead atoms. The summed E-state index contributed by atoms with van der Waals surface area (Å²) in [6, 6.07) is 17.0. The lowest BCUT2D eigenvalue weighted by atomic mass is 9.92. The van der Waals surface area contributed by atoms with Crippen LogP contribution in [-0.2, 0) is 12.6 Å². The second-order valence-electron chi connectivity index (χ2n) is 7.94. The Morgan fingerprint density at radius 3 is 2.55 bits per heavy atom. The number of aromatic amines is 1. The highest BCUT2D eigenvalue weighted by atomic mass is 19.4. The Morgan fingerprint density at radius 1 is 1.00 bits per heavy atom. The molecule has 3 aromatic carbocycles. The number of halogens is 4. The minimum absolute atomic E-state index is 0.0181.